The van der Waals surface area contributed by atoms with Gasteiger partial charge in [0.25, 0.3) is 5.91 Å². The van der Waals surface area contributed by atoms with Crippen molar-refractivity contribution < 1.29 is 19.0 Å². The number of hydrogen-bond donors (Lipinski definition) is 2. The molecule has 1 aliphatic rings. The van der Waals surface area contributed by atoms with E-state index in [9.17, 15) is 4.79 Å². The topological polar surface area (TPSA) is 86.6 Å². The SMILES string of the molecule is COc1cc(OC)cc(OCCCNC(=O)c2ccn(C3CCCNC3)n2)c1.Cl. The Bertz CT molecular complexity index is 755. The van der Waals surface area contributed by atoms with Crippen LogP contribution in [0, 0.1) is 0 Å². The van der Waals surface area contributed by atoms with Crippen molar-refractivity contribution in [1.29, 1.82) is 0 Å². The molecule has 0 saturated carbocycles. The lowest BCUT2D eigenvalue weighted by Gasteiger charge is -2.22. The maximum absolute atomic E-state index is 12.3. The number of rotatable bonds is 9. The molecule has 2 N–H and O–H groups in total. The van der Waals surface area contributed by atoms with Gasteiger partial charge in [-0.3, -0.25) is 9.48 Å². The Balaban J connectivity index is 0.00000300. The third kappa shape index (κ3) is 6.54. The first kappa shape index (κ1) is 22.8. The quantitative estimate of drug-likeness (QED) is 0.601. The third-order valence-corrected chi connectivity index (χ3v) is 4.69. The van der Waals surface area contributed by atoms with Gasteiger partial charge < -0.3 is 24.8 Å². The van der Waals surface area contributed by atoms with Crippen LogP contribution in [0.15, 0.2) is 30.5 Å². The minimum Gasteiger partial charge on any atom is -0.496 e. The Morgan fingerprint density at radius 3 is 2.62 bits per heavy atom. The number of piperidine rings is 1. The van der Waals surface area contributed by atoms with Crippen LogP contribution in [0.4, 0.5) is 0 Å². The van der Waals surface area contributed by atoms with Gasteiger partial charge in [0.2, 0.25) is 0 Å². The van der Waals surface area contributed by atoms with Crippen LogP contribution in [0.5, 0.6) is 17.2 Å². The molecule has 1 atom stereocenters. The fourth-order valence-corrected chi connectivity index (χ4v) is 3.14. The van der Waals surface area contributed by atoms with Gasteiger partial charge in [-0.1, -0.05) is 0 Å². The van der Waals surface area contributed by atoms with Crippen molar-refractivity contribution >= 4 is 18.3 Å². The molecule has 2 heterocycles. The fourth-order valence-electron chi connectivity index (χ4n) is 3.14. The average Bonchev–Trinajstić information content (AvgIpc) is 3.24. The Labute approximate surface area is 177 Å². The zero-order valence-corrected chi connectivity index (χ0v) is 17.7. The van der Waals surface area contributed by atoms with Gasteiger partial charge in [0.1, 0.15) is 22.9 Å². The zero-order valence-electron chi connectivity index (χ0n) is 16.8. The van der Waals surface area contributed by atoms with Gasteiger partial charge in [-0.15, -0.1) is 12.4 Å². The largest absolute Gasteiger partial charge is 0.496 e. The van der Waals surface area contributed by atoms with Crippen LogP contribution in [0.1, 0.15) is 35.8 Å². The average molecular weight is 425 g/mol. The molecule has 2 aromatic rings. The minimum absolute atomic E-state index is 0. The number of halogens is 1. The first-order valence-corrected chi connectivity index (χ1v) is 9.59. The highest BCUT2D eigenvalue weighted by Crippen LogP contribution is 2.27. The zero-order chi connectivity index (χ0) is 19.8. The number of benzene rings is 1. The molecule has 0 radical (unpaired) electrons. The van der Waals surface area contributed by atoms with E-state index in [0.29, 0.717) is 48.6 Å². The van der Waals surface area contributed by atoms with Gasteiger partial charge in [0.15, 0.2) is 0 Å². The number of aromatic nitrogens is 2. The molecular weight excluding hydrogens is 396 g/mol. The van der Waals surface area contributed by atoms with Crippen molar-refractivity contribution in [3.63, 3.8) is 0 Å². The van der Waals surface area contributed by atoms with E-state index in [4.69, 9.17) is 14.2 Å². The van der Waals surface area contributed by atoms with Crippen LogP contribution in [-0.4, -0.2) is 56.1 Å². The molecule has 0 spiro atoms. The molecule has 0 aliphatic carbocycles. The minimum atomic E-state index is -0.162. The van der Waals surface area contributed by atoms with Crippen molar-refractivity contribution in [3.05, 3.63) is 36.2 Å². The normalized spacial score (nSPS) is 15.9. The second-order valence-corrected chi connectivity index (χ2v) is 6.69. The molecule has 9 heteroatoms. The molecule has 29 heavy (non-hydrogen) atoms. The van der Waals surface area contributed by atoms with Crippen LogP contribution in [0.2, 0.25) is 0 Å². The monoisotopic (exact) mass is 424 g/mol. The molecule has 1 fully saturated rings. The molecule has 1 aromatic carbocycles. The van der Waals surface area contributed by atoms with Gasteiger partial charge in [0, 0.05) is 37.5 Å². The molecule has 3 rings (SSSR count). The number of nitrogens with one attached hydrogen (secondary N) is 2. The Morgan fingerprint density at radius 1 is 1.24 bits per heavy atom. The summed E-state index contributed by atoms with van der Waals surface area (Å²) in [5, 5.41) is 10.7. The van der Waals surface area contributed by atoms with Gasteiger partial charge in [-0.25, -0.2) is 0 Å². The smallest absolute Gasteiger partial charge is 0.271 e. The number of nitrogens with zero attached hydrogens (tertiary/aromatic N) is 2. The van der Waals surface area contributed by atoms with Gasteiger partial charge in [-0.05, 0) is 31.9 Å². The van der Waals surface area contributed by atoms with Crippen LogP contribution in [-0.2, 0) is 0 Å². The summed E-state index contributed by atoms with van der Waals surface area (Å²) in [5.74, 6) is 1.85. The maximum Gasteiger partial charge on any atom is 0.271 e. The summed E-state index contributed by atoms with van der Waals surface area (Å²) in [4.78, 5) is 12.3. The number of methoxy groups -OCH3 is 2. The van der Waals surface area contributed by atoms with E-state index in [-0.39, 0.29) is 18.3 Å². The first-order valence-electron chi connectivity index (χ1n) is 9.59. The summed E-state index contributed by atoms with van der Waals surface area (Å²) in [6.07, 6.45) is 4.78. The van der Waals surface area contributed by atoms with Gasteiger partial charge in [-0.2, -0.15) is 5.10 Å². The van der Waals surface area contributed by atoms with Crippen LogP contribution < -0.4 is 24.8 Å². The second kappa shape index (κ2) is 11.5. The maximum atomic E-state index is 12.3. The highest BCUT2D eigenvalue weighted by molar-refractivity contribution is 5.92. The predicted octanol–water partition coefficient (Wildman–Crippen LogP) is 2.45. The predicted molar refractivity (Wildman–Crippen MR) is 113 cm³/mol. The molecule has 0 bridgehead atoms. The summed E-state index contributed by atoms with van der Waals surface area (Å²) in [6, 6.07) is 7.48. The van der Waals surface area contributed by atoms with E-state index in [2.05, 4.69) is 15.7 Å². The van der Waals surface area contributed by atoms with Crippen LogP contribution in [0.3, 0.4) is 0 Å². The first-order chi connectivity index (χ1) is 13.7. The number of carbonyl (C=O) groups excluding carboxylic acids is 1. The number of amides is 1. The van der Waals surface area contributed by atoms with Crippen molar-refractivity contribution in [3.8, 4) is 17.2 Å². The highest BCUT2D eigenvalue weighted by Gasteiger charge is 2.17. The summed E-state index contributed by atoms with van der Waals surface area (Å²) in [6.45, 7) is 2.93. The molecule has 1 aromatic heterocycles. The second-order valence-electron chi connectivity index (χ2n) is 6.69. The molecular formula is C20H29ClN4O4. The fraction of sp³-hybridized carbons (Fsp3) is 0.500. The molecule has 160 valence electrons. The van der Waals surface area contributed by atoms with Crippen molar-refractivity contribution in [2.24, 2.45) is 0 Å². The lowest BCUT2D eigenvalue weighted by atomic mass is 10.1. The third-order valence-electron chi connectivity index (χ3n) is 4.69. The summed E-state index contributed by atoms with van der Waals surface area (Å²) < 4.78 is 18.1. The Morgan fingerprint density at radius 2 is 1.97 bits per heavy atom. The van der Waals surface area contributed by atoms with Crippen molar-refractivity contribution in [2.75, 3.05) is 40.5 Å². The standard InChI is InChI=1S/C20H28N4O4.ClH/c1-26-16-11-17(27-2)13-18(12-16)28-10-4-8-22-20(25)19-6-9-24(23-19)15-5-3-7-21-14-15;/h6,9,11-13,15,21H,3-5,7-8,10,14H2,1-2H3,(H,22,25);1H. The number of carbonyl (C=O) groups is 1. The Hall–Kier alpha value is -2.45. The summed E-state index contributed by atoms with van der Waals surface area (Å²) in [7, 11) is 3.19. The van der Waals surface area contributed by atoms with Crippen molar-refractivity contribution in [1.82, 2.24) is 20.4 Å². The number of ether oxygens (including phenoxy) is 3. The molecule has 8 nitrogen and oxygen atoms in total. The lowest BCUT2D eigenvalue weighted by molar-refractivity contribution is 0.0945. The molecule has 1 amide bonds. The van der Waals surface area contributed by atoms with E-state index in [1.54, 1.807) is 38.5 Å². The lowest BCUT2D eigenvalue weighted by Crippen LogP contribution is -2.32. The van der Waals surface area contributed by atoms with Gasteiger partial charge in [0.05, 0.1) is 26.9 Å². The highest BCUT2D eigenvalue weighted by atomic mass is 35.5. The van der Waals surface area contributed by atoms with E-state index in [0.717, 1.165) is 25.9 Å². The van der Waals surface area contributed by atoms with Crippen LogP contribution in [0.25, 0.3) is 0 Å². The Kier molecular flexibility index (Phi) is 9.08. The number of hydrogen-bond acceptors (Lipinski definition) is 6. The van der Waals surface area contributed by atoms with Crippen LogP contribution >= 0.6 is 12.4 Å². The molecule has 1 aliphatic heterocycles. The van der Waals surface area contributed by atoms with Gasteiger partial charge >= 0.3 is 0 Å². The van der Waals surface area contributed by atoms with E-state index < -0.39 is 0 Å². The van der Waals surface area contributed by atoms with E-state index in [1.165, 1.54) is 0 Å². The van der Waals surface area contributed by atoms with E-state index >= 15 is 0 Å². The molecule has 1 saturated heterocycles. The summed E-state index contributed by atoms with van der Waals surface area (Å²) >= 11 is 0. The summed E-state index contributed by atoms with van der Waals surface area (Å²) in [5.41, 5.74) is 0.448. The molecule has 1 unspecified atom stereocenters. The van der Waals surface area contributed by atoms with Crippen molar-refractivity contribution in [2.45, 2.75) is 25.3 Å². The van der Waals surface area contributed by atoms with E-state index in [1.807, 2.05) is 10.9 Å².